The molecule has 0 aliphatic carbocycles. The highest BCUT2D eigenvalue weighted by Gasteiger charge is 2.35. The van der Waals surface area contributed by atoms with Crippen LogP contribution in [0.3, 0.4) is 0 Å². The van der Waals surface area contributed by atoms with E-state index >= 15 is 0 Å². The summed E-state index contributed by atoms with van der Waals surface area (Å²) < 4.78 is 12.6. The third-order valence-electron chi connectivity index (χ3n) is 4.50. The van der Waals surface area contributed by atoms with Gasteiger partial charge in [0.05, 0.1) is 15.6 Å². The van der Waals surface area contributed by atoms with Gasteiger partial charge in [0.15, 0.2) is 16.7 Å². The van der Waals surface area contributed by atoms with Gasteiger partial charge in [0.1, 0.15) is 6.61 Å². The lowest BCUT2D eigenvalue weighted by Gasteiger charge is -2.20. The van der Waals surface area contributed by atoms with Gasteiger partial charge in [0.25, 0.3) is 5.91 Å². The molecule has 0 N–H and O–H groups in total. The molecule has 1 fully saturated rings. The molecule has 0 aromatic heterocycles. The van der Waals surface area contributed by atoms with E-state index in [9.17, 15) is 4.79 Å². The van der Waals surface area contributed by atoms with Crippen LogP contribution in [0.2, 0.25) is 0 Å². The highest BCUT2D eigenvalue weighted by molar-refractivity contribution is 14.1. The quantitative estimate of drug-likeness (QED) is 0.315. The number of aliphatic imine (C=N–C) groups is 1. The zero-order valence-corrected chi connectivity index (χ0v) is 21.4. The standard InChI is InChI=1S/C24H27IN2O3S/c1-15(2)26-24-27(16(3)4)23(28)21(31-24)13-18-11-19(25)22(20(12-18)29-5)30-14-17-9-7-6-8-10-17/h6-13,15-16H,14H2,1-5H3/b21-13+,26-24?. The number of methoxy groups -OCH3 is 1. The number of carbonyl (C=O) groups is 1. The van der Waals surface area contributed by atoms with Crippen molar-refractivity contribution in [1.29, 1.82) is 0 Å². The topological polar surface area (TPSA) is 51.1 Å². The fraction of sp³-hybridized carbons (Fsp3) is 0.333. The lowest BCUT2D eigenvalue weighted by molar-refractivity contribution is -0.123. The molecule has 5 nitrogen and oxygen atoms in total. The van der Waals surface area contributed by atoms with Crippen molar-refractivity contribution >= 4 is 51.5 Å². The van der Waals surface area contributed by atoms with Gasteiger partial charge in [0, 0.05) is 12.1 Å². The third-order valence-corrected chi connectivity index (χ3v) is 6.30. The van der Waals surface area contributed by atoms with E-state index in [0.29, 0.717) is 23.0 Å². The average Bonchev–Trinajstić information content (AvgIpc) is 3.01. The number of carbonyl (C=O) groups excluding carboxylic acids is 1. The molecule has 7 heteroatoms. The summed E-state index contributed by atoms with van der Waals surface area (Å²) in [4.78, 5) is 20.1. The molecule has 31 heavy (non-hydrogen) atoms. The van der Waals surface area contributed by atoms with Crippen molar-refractivity contribution in [2.75, 3.05) is 7.11 Å². The minimum absolute atomic E-state index is 0.0159. The van der Waals surface area contributed by atoms with Crippen molar-refractivity contribution in [1.82, 2.24) is 4.90 Å². The van der Waals surface area contributed by atoms with E-state index in [-0.39, 0.29) is 18.0 Å². The number of hydrogen-bond acceptors (Lipinski definition) is 5. The molecule has 0 atom stereocenters. The first-order valence-electron chi connectivity index (χ1n) is 10.1. The molecule has 0 unspecified atom stereocenters. The van der Waals surface area contributed by atoms with Crippen LogP contribution in [-0.4, -0.2) is 35.2 Å². The molecule has 2 aromatic rings. The first-order valence-corrected chi connectivity index (χ1v) is 12.0. The molecule has 3 rings (SSSR count). The van der Waals surface area contributed by atoms with Crippen LogP contribution in [0.25, 0.3) is 6.08 Å². The maximum absolute atomic E-state index is 13.0. The Labute approximate surface area is 202 Å². The van der Waals surface area contributed by atoms with Crippen molar-refractivity contribution < 1.29 is 14.3 Å². The molecule has 0 bridgehead atoms. The van der Waals surface area contributed by atoms with Crippen LogP contribution in [0.1, 0.15) is 38.8 Å². The average molecular weight is 550 g/mol. The van der Waals surface area contributed by atoms with Crippen molar-refractivity contribution in [2.24, 2.45) is 4.99 Å². The fourth-order valence-electron chi connectivity index (χ4n) is 3.10. The third kappa shape index (κ3) is 5.83. The van der Waals surface area contributed by atoms with E-state index in [1.807, 2.05) is 76.2 Å². The van der Waals surface area contributed by atoms with Crippen LogP contribution < -0.4 is 9.47 Å². The van der Waals surface area contributed by atoms with Gasteiger partial charge in [-0.3, -0.25) is 14.7 Å². The SMILES string of the molecule is COc1cc(/C=C2/SC(=NC(C)C)N(C(C)C)C2=O)cc(I)c1OCc1ccccc1. The molecule has 0 saturated carbocycles. The summed E-state index contributed by atoms with van der Waals surface area (Å²) in [5, 5.41) is 0.755. The number of halogens is 1. The lowest BCUT2D eigenvalue weighted by atomic mass is 10.1. The lowest BCUT2D eigenvalue weighted by Crippen LogP contribution is -2.35. The Morgan fingerprint density at radius 1 is 1.16 bits per heavy atom. The van der Waals surface area contributed by atoms with Gasteiger partial charge in [0.2, 0.25) is 0 Å². The molecular weight excluding hydrogens is 523 g/mol. The highest BCUT2D eigenvalue weighted by Crippen LogP contribution is 2.38. The Kier molecular flexibility index (Phi) is 8.05. The number of rotatable bonds is 7. The number of amidine groups is 1. The normalized spacial score (nSPS) is 16.8. The smallest absolute Gasteiger partial charge is 0.266 e. The second kappa shape index (κ2) is 10.5. The van der Waals surface area contributed by atoms with E-state index in [1.54, 1.807) is 12.0 Å². The molecule has 1 amide bonds. The maximum Gasteiger partial charge on any atom is 0.266 e. The summed E-state index contributed by atoms with van der Waals surface area (Å²) in [5.41, 5.74) is 1.98. The predicted octanol–water partition coefficient (Wildman–Crippen LogP) is 5.97. The molecule has 1 saturated heterocycles. The molecule has 0 radical (unpaired) electrons. The van der Waals surface area contributed by atoms with E-state index in [4.69, 9.17) is 9.47 Å². The van der Waals surface area contributed by atoms with Crippen LogP contribution in [-0.2, 0) is 11.4 Å². The summed E-state index contributed by atoms with van der Waals surface area (Å²) in [5.74, 6) is 1.32. The number of benzene rings is 2. The van der Waals surface area contributed by atoms with E-state index < -0.39 is 0 Å². The summed E-state index contributed by atoms with van der Waals surface area (Å²) in [6.45, 7) is 8.49. The minimum Gasteiger partial charge on any atom is -0.493 e. The van der Waals surface area contributed by atoms with Crippen molar-refractivity contribution in [2.45, 2.75) is 46.4 Å². The van der Waals surface area contributed by atoms with Gasteiger partial charge >= 0.3 is 0 Å². The number of hydrogen-bond donors (Lipinski definition) is 0. The van der Waals surface area contributed by atoms with Gasteiger partial charge in [-0.15, -0.1) is 0 Å². The molecule has 1 aliphatic rings. The Morgan fingerprint density at radius 2 is 1.87 bits per heavy atom. The van der Waals surface area contributed by atoms with Crippen LogP contribution in [0.4, 0.5) is 0 Å². The monoisotopic (exact) mass is 550 g/mol. The van der Waals surface area contributed by atoms with Gasteiger partial charge in [-0.1, -0.05) is 30.3 Å². The Morgan fingerprint density at radius 3 is 2.48 bits per heavy atom. The van der Waals surface area contributed by atoms with Crippen molar-refractivity contribution in [3.8, 4) is 11.5 Å². The molecule has 1 heterocycles. The molecule has 0 spiro atoms. The first kappa shape index (κ1) is 23.7. The second-order valence-corrected chi connectivity index (χ2v) is 9.86. The second-order valence-electron chi connectivity index (χ2n) is 7.69. The number of nitrogens with zero attached hydrogens (tertiary/aromatic N) is 2. The van der Waals surface area contributed by atoms with Gasteiger partial charge in [-0.2, -0.15) is 0 Å². The maximum atomic E-state index is 13.0. The summed E-state index contributed by atoms with van der Waals surface area (Å²) in [6, 6.07) is 14.1. The highest BCUT2D eigenvalue weighted by atomic mass is 127. The van der Waals surface area contributed by atoms with E-state index in [0.717, 1.165) is 19.9 Å². The van der Waals surface area contributed by atoms with Crippen LogP contribution in [0.15, 0.2) is 52.4 Å². The van der Waals surface area contributed by atoms with Gasteiger partial charge < -0.3 is 9.47 Å². The zero-order valence-electron chi connectivity index (χ0n) is 18.4. The molecule has 2 aromatic carbocycles. The van der Waals surface area contributed by atoms with Crippen LogP contribution >= 0.6 is 34.4 Å². The van der Waals surface area contributed by atoms with Crippen molar-refractivity contribution in [3.05, 3.63) is 62.1 Å². The van der Waals surface area contributed by atoms with E-state index in [2.05, 4.69) is 27.6 Å². The number of ether oxygens (including phenoxy) is 2. The summed E-state index contributed by atoms with van der Waals surface area (Å²) in [7, 11) is 1.63. The summed E-state index contributed by atoms with van der Waals surface area (Å²) >= 11 is 3.67. The fourth-order valence-corrected chi connectivity index (χ4v) is 5.11. The molecule has 1 aliphatic heterocycles. The van der Waals surface area contributed by atoms with Gasteiger partial charge in [-0.25, -0.2) is 0 Å². The Balaban J connectivity index is 1.88. The van der Waals surface area contributed by atoms with Crippen molar-refractivity contribution in [3.63, 3.8) is 0 Å². The number of amides is 1. The Hall–Kier alpha value is -2.00. The Bertz CT molecular complexity index is 1000. The zero-order chi connectivity index (χ0) is 22.5. The first-order chi connectivity index (χ1) is 14.8. The summed E-state index contributed by atoms with van der Waals surface area (Å²) in [6.07, 6.45) is 1.90. The minimum atomic E-state index is -0.0159. The largest absolute Gasteiger partial charge is 0.493 e. The molecule has 164 valence electrons. The van der Waals surface area contributed by atoms with Crippen LogP contribution in [0.5, 0.6) is 11.5 Å². The van der Waals surface area contributed by atoms with Crippen LogP contribution in [0, 0.1) is 3.57 Å². The predicted molar refractivity (Wildman–Crippen MR) is 137 cm³/mol. The van der Waals surface area contributed by atoms with Gasteiger partial charge in [-0.05, 0) is 91.4 Å². The molecular formula is C24H27IN2O3S. The number of thioether (sulfide) groups is 1. The van der Waals surface area contributed by atoms with E-state index in [1.165, 1.54) is 11.8 Å².